The lowest BCUT2D eigenvalue weighted by molar-refractivity contribution is 1.02. The van der Waals surface area contributed by atoms with E-state index in [9.17, 15) is 0 Å². The van der Waals surface area contributed by atoms with Gasteiger partial charge in [-0.1, -0.05) is 29.0 Å². The molecule has 0 amide bonds. The monoisotopic (exact) mass is 144 g/mol. The summed E-state index contributed by atoms with van der Waals surface area (Å²) in [6.07, 6.45) is 8.72. The second-order valence-corrected chi connectivity index (χ2v) is 2.95. The standard InChI is InChI=1S/C6H8S2/c7-8-6-4-2-1-3-5-6/h1-2,4,7H,3,5H2. The second-order valence-electron chi connectivity index (χ2n) is 1.69. The highest BCUT2D eigenvalue weighted by Crippen LogP contribution is 2.26. The fourth-order valence-corrected chi connectivity index (χ4v) is 1.46. The number of hydrogen-bond acceptors (Lipinski definition) is 2. The predicted octanol–water partition coefficient (Wildman–Crippen LogP) is 2.80. The number of rotatable bonds is 1. The summed E-state index contributed by atoms with van der Waals surface area (Å²) in [4.78, 5) is 1.37. The minimum absolute atomic E-state index is 1.17. The quantitative estimate of drug-likeness (QED) is 0.436. The summed E-state index contributed by atoms with van der Waals surface area (Å²) in [5.74, 6) is 0. The highest BCUT2D eigenvalue weighted by molar-refractivity contribution is 8.70. The van der Waals surface area contributed by atoms with Crippen molar-refractivity contribution < 1.29 is 0 Å². The van der Waals surface area contributed by atoms with Gasteiger partial charge in [0.1, 0.15) is 0 Å². The van der Waals surface area contributed by atoms with Crippen LogP contribution in [0.25, 0.3) is 0 Å². The summed E-state index contributed by atoms with van der Waals surface area (Å²) in [6, 6.07) is 0. The molecule has 0 N–H and O–H groups in total. The van der Waals surface area contributed by atoms with Gasteiger partial charge in [-0.05, 0) is 17.7 Å². The van der Waals surface area contributed by atoms with Crippen molar-refractivity contribution in [1.29, 1.82) is 0 Å². The van der Waals surface area contributed by atoms with E-state index in [-0.39, 0.29) is 0 Å². The van der Waals surface area contributed by atoms with Gasteiger partial charge in [0.05, 0.1) is 0 Å². The van der Waals surface area contributed by atoms with Crippen LogP contribution in [0.1, 0.15) is 12.8 Å². The molecule has 2 heteroatoms. The summed E-state index contributed by atoms with van der Waals surface area (Å²) in [5.41, 5.74) is 0. The minimum atomic E-state index is 1.17. The molecule has 8 heavy (non-hydrogen) atoms. The van der Waals surface area contributed by atoms with Crippen LogP contribution < -0.4 is 0 Å². The third kappa shape index (κ3) is 1.60. The van der Waals surface area contributed by atoms with E-state index >= 15 is 0 Å². The third-order valence-electron chi connectivity index (χ3n) is 1.09. The molecule has 0 heterocycles. The SMILES string of the molecule is SSC1=CC=CCC1. The molecule has 44 valence electrons. The zero-order valence-electron chi connectivity index (χ0n) is 4.50. The molecule has 0 unspecified atom stereocenters. The van der Waals surface area contributed by atoms with Crippen LogP contribution in [-0.2, 0) is 0 Å². The van der Waals surface area contributed by atoms with E-state index in [0.29, 0.717) is 0 Å². The number of allylic oxidation sites excluding steroid dienone is 4. The molecular weight excluding hydrogens is 136 g/mol. The first-order valence-electron chi connectivity index (χ1n) is 2.60. The summed E-state index contributed by atoms with van der Waals surface area (Å²) in [5, 5.41) is 0. The van der Waals surface area contributed by atoms with E-state index in [1.165, 1.54) is 17.7 Å². The summed E-state index contributed by atoms with van der Waals surface area (Å²) >= 11 is 4.08. The zero-order valence-corrected chi connectivity index (χ0v) is 6.21. The van der Waals surface area contributed by atoms with E-state index in [1.54, 1.807) is 10.8 Å². The van der Waals surface area contributed by atoms with E-state index < -0.39 is 0 Å². The molecule has 1 aliphatic carbocycles. The molecule has 0 aromatic heterocycles. The molecule has 0 radical (unpaired) electrons. The highest BCUT2D eigenvalue weighted by Gasteiger charge is 1.95. The van der Waals surface area contributed by atoms with Crippen molar-refractivity contribution in [2.45, 2.75) is 12.8 Å². The normalized spacial score (nSPS) is 18.4. The van der Waals surface area contributed by atoms with Crippen LogP contribution >= 0.6 is 22.5 Å². The van der Waals surface area contributed by atoms with Crippen LogP contribution in [-0.4, -0.2) is 0 Å². The first-order chi connectivity index (χ1) is 3.93. The maximum Gasteiger partial charge on any atom is -0.00415 e. The van der Waals surface area contributed by atoms with Crippen LogP contribution in [0.15, 0.2) is 23.1 Å². The van der Waals surface area contributed by atoms with Crippen molar-refractivity contribution in [3.63, 3.8) is 0 Å². The Bertz CT molecular complexity index is 124. The summed E-state index contributed by atoms with van der Waals surface area (Å²) in [7, 11) is 1.55. The first kappa shape index (κ1) is 6.30. The van der Waals surface area contributed by atoms with Gasteiger partial charge in [-0.25, -0.2) is 0 Å². The number of thiol groups is 1. The highest BCUT2D eigenvalue weighted by atomic mass is 33.1. The van der Waals surface area contributed by atoms with Gasteiger partial charge in [0, 0.05) is 0 Å². The van der Waals surface area contributed by atoms with E-state index in [4.69, 9.17) is 0 Å². The largest absolute Gasteiger partial charge is 0.106 e. The zero-order chi connectivity index (χ0) is 5.82. The average Bonchev–Trinajstić information content (AvgIpc) is 1.90. The molecule has 1 aliphatic rings. The maximum absolute atomic E-state index is 4.08. The second kappa shape index (κ2) is 3.25. The van der Waals surface area contributed by atoms with Crippen molar-refractivity contribution in [2.75, 3.05) is 0 Å². The van der Waals surface area contributed by atoms with Crippen LogP contribution in [0.5, 0.6) is 0 Å². The Hall–Kier alpha value is 0.180. The predicted molar refractivity (Wildman–Crippen MR) is 43.0 cm³/mol. The smallest absolute Gasteiger partial charge is 0.00415 e. The Labute approximate surface area is 58.9 Å². The van der Waals surface area contributed by atoms with Crippen LogP contribution in [0.2, 0.25) is 0 Å². The van der Waals surface area contributed by atoms with Gasteiger partial charge in [-0.3, -0.25) is 0 Å². The van der Waals surface area contributed by atoms with Gasteiger partial charge in [0.25, 0.3) is 0 Å². The molecule has 0 nitrogen and oxygen atoms in total. The lowest BCUT2D eigenvalue weighted by Gasteiger charge is -2.01. The van der Waals surface area contributed by atoms with Gasteiger partial charge < -0.3 is 0 Å². The molecule has 0 aromatic carbocycles. The number of hydrogen-bond donors (Lipinski definition) is 1. The van der Waals surface area contributed by atoms with Gasteiger partial charge >= 0.3 is 0 Å². The molecule has 0 aliphatic heterocycles. The lowest BCUT2D eigenvalue weighted by atomic mass is 10.2. The fourth-order valence-electron chi connectivity index (χ4n) is 0.657. The molecule has 0 fully saturated rings. The first-order valence-corrected chi connectivity index (χ1v) is 4.47. The topological polar surface area (TPSA) is 0 Å². The summed E-state index contributed by atoms with van der Waals surface area (Å²) in [6.45, 7) is 0. The van der Waals surface area contributed by atoms with Crippen molar-refractivity contribution in [3.8, 4) is 0 Å². The Morgan fingerprint density at radius 1 is 1.62 bits per heavy atom. The Balaban J connectivity index is 2.50. The molecule has 0 atom stereocenters. The van der Waals surface area contributed by atoms with Crippen molar-refractivity contribution in [1.82, 2.24) is 0 Å². The van der Waals surface area contributed by atoms with Crippen molar-refractivity contribution in [3.05, 3.63) is 23.1 Å². The summed E-state index contributed by atoms with van der Waals surface area (Å²) < 4.78 is 0. The van der Waals surface area contributed by atoms with E-state index in [0.717, 1.165) is 0 Å². The van der Waals surface area contributed by atoms with Gasteiger partial charge in [0.2, 0.25) is 0 Å². The minimum Gasteiger partial charge on any atom is -0.106 e. The molecule has 0 spiro atoms. The molecule has 0 saturated carbocycles. The van der Waals surface area contributed by atoms with Gasteiger partial charge in [-0.2, -0.15) is 0 Å². The Morgan fingerprint density at radius 2 is 2.50 bits per heavy atom. The lowest BCUT2D eigenvalue weighted by Crippen LogP contribution is -1.77. The molecular formula is C6H8S2. The maximum atomic E-state index is 4.08. The van der Waals surface area contributed by atoms with Crippen molar-refractivity contribution in [2.24, 2.45) is 0 Å². The molecule has 0 aromatic rings. The Kier molecular flexibility index (Phi) is 2.56. The van der Waals surface area contributed by atoms with Crippen LogP contribution in [0, 0.1) is 0 Å². The van der Waals surface area contributed by atoms with Gasteiger partial charge in [0.15, 0.2) is 0 Å². The van der Waals surface area contributed by atoms with Crippen LogP contribution in [0.4, 0.5) is 0 Å². The van der Waals surface area contributed by atoms with E-state index in [1.807, 2.05) is 0 Å². The third-order valence-corrected chi connectivity index (χ3v) is 2.37. The van der Waals surface area contributed by atoms with E-state index in [2.05, 4.69) is 29.9 Å². The average molecular weight is 144 g/mol. The molecule has 0 saturated heterocycles. The molecule has 1 rings (SSSR count). The molecule has 0 bridgehead atoms. The van der Waals surface area contributed by atoms with Crippen LogP contribution in [0.3, 0.4) is 0 Å². The van der Waals surface area contributed by atoms with Crippen molar-refractivity contribution >= 4 is 22.5 Å². The van der Waals surface area contributed by atoms with Gasteiger partial charge in [-0.15, -0.1) is 11.7 Å². The Morgan fingerprint density at radius 3 is 2.88 bits per heavy atom. The fraction of sp³-hybridized carbons (Fsp3) is 0.333.